The fourth-order valence-corrected chi connectivity index (χ4v) is 3.66. The summed E-state index contributed by atoms with van der Waals surface area (Å²) in [6.07, 6.45) is 1.42. The van der Waals surface area contributed by atoms with E-state index in [9.17, 15) is 14.4 Å². The third kappa shape index (κ3) is 3.62. The van der Waals surface area contributed by atoms with E-state index in [0.29, 0.717) is 42.3 Å². The maximum absolute atomic E-state index is 13.1. The van der Waals surface area contributed by atoms with E-state index in [0.717, 1.165) is 12.8 Å². The molecule has 0 aromatic heterocycles. The van der Waals surface area contributed by atoms with E-state index in [2.05, 4.69) is 5.32 Å². The molecule has 0 radical (unpaired) electrons. The van der Waals surface area contributed by atoms with Crippen LogP contribution in [0.5, 0.6) is 0 Å². The van der Waals surface area contributed by atoms with Crippen molar-refractivity contribution in [3.63, 3.8) is 0 Å². The van der Waals surface area contributed by atoms with Gasteiger partial charge in [0.15, 0.2) is 0 Å². The number of amides is 3. The number of hydrogen-bond acceptors (Lipinski definition) is 4. The second-order valence-electron chi connectivity index (χ2n) is 6.83. The van der Waals surface area contributed by atoms with Gasteiger partial charge in [-0.2, -0.15) is 0 Å². The van der Waals surface area contributed by atoms with E-state index in [1.807, 2.05) is 0 Å². The molecule has 1 N–H and O–H groups in total. The maximum atomic E-state index is 13.1. The van der Waals surface area contributed by atoms with E-state index in [4.69, 9.17) is 16.3 Å². The third-order valence-corrected chi connectivity index (χ3v) is 5.01. The molecule has 7 nitrogen and oxygen atoms in total. The monoisotopic (exact) mass is 379 g/mol. The molecular formula is C18H22ClN3O4. The van der Waals surface area contributed by atoms with Crippen molar-refractivity contribution in [1.29, 1.82) is 0 Å². The summed E-state index contributed by atoms with van der Waals surface area (Å²) < 4.78 is 5.55. The van der Waals surface area contributed by atoms with Crippen LogP contribution >= 0.6 is 11.6 Å². The summed E-state index contributed by atoms with van der Waals surface area (Å²) >= 11 is 6.03. The Hall–Kier alpha value is -2.28. The van der Waals surface area contributed by atoms with Crippen LogP contribution in [0.15, 0.2) is 18.2 Å². The SMILES string of the molecule is CCC(=O)Nc1cc(Cl)ccc1C(=O)N1CCCC2(CN(C)C(=O)O2)C1. The number of carbonyl (C=O) groups excluding carboxylic acids is 3. The molecule has 1 aromatic rings. The fraction of sp³-hybridized carbons (Fsp3) is 0.500. The van der Waals surface area contributed by atoms with Gasteiger partial charge in [-0.3, -0.25) is 9.59 Å². The number of benzene rings is 1. The summed E-state index contributed by atoms with van der Waals surface area (Å²) in [6.45, 7) is 3.12. The van der Waals surface area contributed by atoms with E-state index in [1.54, 1.807) is 37.1 Å². The lowest BCUT2D eigenvalue weighted by Crippen LogP contribution is -2.52. The molecule has 0 saturated carbocycles. The molecule has 2 heterocycles. The third-order valence-electron chi connectivity index (χ3n) is 4.77. The van der Waals surface area contributed by atoms with Crippen LogP contribution < -0.4 is 5.32 Å². The normalized spacial score (nSPS) is 22.5. The summed E-state index contributed by atoms with van der Waals surface area (Å²) in [5.74, 6) is -0.402. The minimum absolute atomic E-state index is 0.192. The van der Waals surface area contributed by atoms with Crippen molar-refractivity contribution in [2.45, 2.75) is 31.8 Å². The summed E-state index contributed by atoms with van der Waals surface area (Å²) in [5, 5.41) is 3.17. The zero-order chi connectivity index (χ0) is 18.9. The second kappa shape index (κ2) is 7.15. The van der Waals surface area contributed by atoms with Gasteiger partial charge < -0.3 is 19.9 Å². The highest BCUT2D eigenvalue weighted by Gasteiger charge is 2.47. The quantitative estimate of drug-likeness (QED) is 0.875. The molecule has 3 amide bonds. The Morgan fingerprint density at radius 1 is 1.35 bits per heavy atom. The first kappa shape index (κ1) is 18.5. The first-order valence-electron chi connectivity index (χ1n) is 8.66. The summed E-state index contributed by atoms with van der Waals surface area (Å²) in [4.78, 5) is 39.9. The van der Waals surface area contributed by atoms with Crippen molar-refractivity contribution in [3.8, 4) is 0 Å². The van der Waals surface area contributed by atoms with Gasteiger partial charge in [-0.1, -0.05) is 18.5 Å². The zero-order valence-corrected chi connectivity index (χ0v) is 15.6. The highest BCUT2D eigenvalue weighted by molar-refractivity contribution is 6.31. The minimum Gasteiger partial charge on any atom is -0.439 e. The van der Waals surface area contributed by atoms with Crippen molar-refractivity contribution < 1.29 is 19.1 Å². The van der Waals surface area contributed by atoms with Gasteiger partial charge in [0.1, 0.15) is 5.60 Å². The van der Waals surface area contributed by atoms with Crippen molar-refractivity contribution in [1.82, 2.24) is 9.80 Å². The Morgan fingerprint density at radius 3 is 2.77 bits per heavy atom. The molecule has 8 heteroatoms. The van der Waals surface area contributed by atoms with Crippen LogP contribution in [0.2, 0.25) is 5.02 Å². The van der Waals surface area contributed by atoms with Gasteiger partial charge in [0.2, 0.25) is 5.91 Å². The highest BCUT2D eigenvalue weighted by Crippen LogP contribution is 2.33. The number of rotatable bonds is 3. The van der Waals surface area contributed by atoms with Crippen LogP contribution in [0.25, 0.3) is 0 Å². The van der Waals surface area contributed by atoms with Crippen molar-refractivity contribution in [3.05, 3.63) is 28.8 Å². The number of ether oxygens (including phenoxy) is 1. The fourth-order valence-electron chi connectivity index (χ4n) is 3.49. The molecule has 140 valence electrons. The van der Waals surface area contributed by atoms with Crippen molar-refractivity contribution in [2.24, 2.45) is 0 Å². The van der Waals surface area contributed by atoms with Gasteiger partial charge in [0, 0.05) is 25.0 Å². The van der Waals surface area contributed by atoms with Crippen LogP contribution in [0.1, 0.15) is 36.5 Å². The first-order valence-corrected chi connectivity index (χ1v) is 9.04. The molecular weight excluding hydrogens is 358 g/mol. The van der Waals surface area contributed by atoms with E-state index < -0.39 is 5.60 Å². The molecule has 0 aliphatic carbocycles. The van der Waals surface area contributed by atoms with Crippen LogP contribution in [-0.2, 0) is 9.53 Å². The number of nitrogens with one attached hydrogen (secondary N) is 1. The van der Waals surface area contributed by atoms with Gasteiger partial charge >= 0.3 is 6.09 Å². The topological polar surface area (TPSA) is 79.0 Å². The molecule has 0 bridgehead atoms. The average molecular weight is 380 g/mol. The van der Waals surface area contributed by atoms with Gasteiger partial charge in [0.05, 0.1) is 24.3 Å². The Bertz CT molecular complexity index is 754. The first-order chi connectivity index (χ1) is 12.3. The molecule has 3 rings (SSSR count). The lowest BCUT2D eigenvalue weighted by molar-refractivity contribution is -0.115. The molecule has 1 aromatic carbocycles. The number of anilines is 1. The molecule has 26 heavy (non-hydrogen) atoms. The van der Waals surface area contributed by atoms with Crippen molar-refractivity contribution >= 4 is 35.2 Å². The van der Waals surface area contributed by atoms with Gasteiger partial charge in [0.25, 0.3) is 5.91 Å². The van der Waals surface area contributed by atoms with Crippen LogP contribution in [0.4, 0.5) is 10.5 Å². The largest absolute Gasteiger partial charge is 0.439 e. The van der Waals surface area contributed by atoms with Crippen LogP contribution in [0, 0.1) is 0 Å². The van der Waals surface area contributed by atoms with Crippen LogP contribution in [-0.4, -0.2) is 60.0 Å². The summed E-state index contributed by atoms with van der Waals surface area (Å²) in [7, 11) is 1.69. The molecule has 2 fully saturated rings. The average Bonchev–Trinajstić information content (AvgIpc) is 2.87. The minimum atomic E-state index is -0.654. The standard InChI is InChI=1S/C18H22ClN3O4/c1-3-15(23)20-14-9-12(19)5-6-13(14)16(24)22-8-4-7-18(11-22)10-21(2)17(25)26-18/h5-6,9H,3-4,7-8,10-11H2,1-2H3,(H,20,23). The number of halogens is 1. The van der Waals surface area contributed by atoms with E-state index >= 15 is 0 Å². The number of carbonyl (C=O) groups is 3. The number of nitrogens with zero attached hydrogens (tertiary/aromatic N) is 2. The lowest BCUT2D eigenvalue weighted by Gasteiger charge is -2.38. The highest BCUT2D eigenvalue weighted by atomic mass is 35.5. The number of piperidine rings is 1. The molecule has 1 spiro atoms. The number of hydrogen-bond donors (Lipinski definition) is 1. The molecule has 2 aliphatic heterocycles. The summed E-state index contributed by atoms with van der Waals surface area (Å²) in [6, 6.07) is 4.81. The van der Waals surface area contributed by atoms with Gasteiger partial charge in [-0.05, 0) is 31.0 Å². The van der Waals surface area contributed by atoms with E-state index in [1.165, 1.54) is 4.90 Å². The lowest BCUT2D eigenvalue weighted by atomic mass is 9.92. The Morgan fingerprint density at radius 2 is 2.12 bits per heavy atom. The predicted octanol–water partition coefficient (Wildman–Crippen LogP) is 2.75. The maximum Gasteiger partial charge on any atom is 0.410 e. The molecule has 2 aliphatic rings. The molecule has 2 saturated heterocycles. The smallest absolute Gasteiger partial charge is 0.410 e. The molecule has 1 unspecified atom stereocenters. The number of likely N-dealkylation sites (N-methyl/N-ethyl adjacent to an activating group) is 1. The zero-order valence-electron chi connectivity index (χ0n) is 14.9. The second-order valence-corrected chi connectivity index (χ2v) is 7.27. The van der Waals surface area contributed by atoms with Crippen LogP contribution in [0.3, 0.4) is 0 Å². The predicted molar refractivity (Wildman–Crippen MR) is 97.4 cm³/mol. The van der Waals surface area contributed by atoms with Gasteiger partial charge in [-0.25, -0.2) is 4.79 Å². The Balaban J connectivity index is 1.83. The van der Waals surface area contributed by atoms with Gasteiger partial charge in [-0.15, -0.1) is 0 Å². The van der Waals surface area contributed by atoms with E-state index in [-0.39, 0.29) is 17.9 Å². The Labute approximate surface area is 157 Å². The summed E-state index contributed by atoms with van der Waals surface area (Å²) in [5.41, 5.74) is 0.124. The number of likely N-dealkylation sites (tertiary alicyclic amines) is 1. The van der Waals surface area contributed by atoms with Crippen molar-refractivity contribution in [2.75, 3.05) is 32.0 Å². The Kier molecular flexibility index (Phi) is 5.09. The molecule has 1 atom stereocenters.